The fourth-order valence-electron chi connectivity index (χ4n) is 6.01. The first-order valence-corrected chi connectivity index (χ1v) is 13.2. The molecule has 6 nitrogen and oxygen atoms in total. The zero-order chi connectivity index (χ0) is 27.3. The summed E-state index contributed by atoms with van der Waals surface area (Å²) in [7, 11) is 0. The van der Waals surface area contributed by atoms with Gasteiger partial charge in [0.1, 0.15) is 23.4 Å². The maximum absolute atomic E-state index is 15.3. The molecule has 6 rings (SSSR count). The van der Waals surface area contributed by atoms with Crippen molar-refractivity contribution >= 4 is 5.97 Å². The minimum absolute atomic E-state index is 0.0228. The molecular weight excluding hydrogens is 495 g/mol. The van der Waals surface area contributed by atoms with Crippen LogP contribution in [0.15, 0.2) is 54.7 Å². The number of aromatic nitrogens is 2. The quantitative estimate of drug-likeness (QED) is 0.296. The third-order valence-electron chi connectivity index (χ3n) is 7.70. The molecular formula is C32H29FN2O4. The van der Waals surface area contributed by atoms with Crippen LogP contribution in [0, 0.1) is 26.6 Å². The number of nitrogens with zero attached hydrogens (tertiary/aromatic N) is 2. The van der Waals surface area contributed by atoms with E-state index in [0.29, 0.717) is 42.3 Å². The highest BCUT2D eigenvalue weighted by atomic mass is 19.1. The maximum Gasteiger partial charge on any atom is 0.304 e. The smallest absolute Gasteiger partial charge is 0.304 e. The molecule has 0 amide bonds. The number of fused-ring (bicyclic) bond motifs is 2. The van der Waals surface area contributed by atoms with Gasteiger partial charge in [-0.2, -0.15) is 0 Å². The van der Waals surface area contributed by atoms with E-state index < -0.39 is 12.1 Å². The Labute approximate surface area is 226 Å². The minimum Gasteiger partial charge on any atom is -0.492 e. The van der Waals surface area contributed by atoms with Gasteiger partial charge in [0.05, 0.1) is 13.0 Å². The van der Waals surface area contributed by atoms with Gasteiger partial charge in [0.15, 0.2) is 5.82 Å². The molecule has 198 valence electrons. The number of carboxylic acids is 1. The number of ether oxygens (including phenoxy) is 2. The first-order valence-electron chi connectivity index (χ1n) is 13.2. The summed E-state index contributed by atoms with van der Waals surface area (Å²) in [6, 6.07) is 15.0. The van der Waals surface area contributed by atoms with E-state index >= 15 is 4.39 Å². The van der Waals surface area contributed by atoms with Gasteiger partial charge in [-0.05, 0) is 91.8 Å². The molecule has 0 saturated heterocycles. The monoisotopic (exact) mass is 524 g/mol. The molecule has 0 fully saturated rings. The van der Waals surface area contributed by atoms with Crippen molar-refractivity contribution < 1.29 is 23.8 Å². The highest BCUT2D eigenvalue weighted by molar-refractivity contribution is 5.78. The van der Waals surface area contributed by atoms with Crippen LogP contribution in [0.25, 0.3) is 22.5 Å². The molecule has 1 N–H and O–H groups in total. The van der Waals surface area contributed by atoms with Gasteiger partial charge in [-0.3, -0.25) is 4.79 Å². The van der Waals surface area contributed by atoms with Crippen LogP contribution in [0.1, 0.15) is 58.4 Å². The molecule has 0 radical (unpaired) electrons. The Hall–Kier alpha value is -4.26. The Balaban J connectivity index is 1.31. The largest absolute Gasteiger partial charge is 0.492 e. The van der Waals surface area contributed by atoms with E-state index in [2.05, 4.69) is 35.9 Å². The first-order chi connectivity index (χ1) is 18.8. The highest BCUT2D eigenvalue weighted by Gasteiger charge is 2.32. The van der Waals surface area contributed by atoms with Crippen molar-refractivity contribution in [3.8, 4) is 34.0 Å². The molecule has 0 spiro atoms. The van der Waals surface area contributed by atoms with Crippen LogP contribution in [0.4, 0.5) is 4.39 Å². The molecule has 39 heavy (non-hydrogen) atoms. The molecule has 2 heterocycles. The van der Waals surface area contributed by atoms with Gasteiger partial charge in [-0.15, -0.1) is 0 Å². The summed E-state index contributed by atoms with van der Waals surface area (Å²) >= 11 is 0. The summed E-state index contributed by atoms with van der Waals surface area (Å²) in [5, 5.41) is 9.16. The average molecular weight is 525 g/mol. The number of benzene rings is 3. The zero-order valence-corrected chi connectivity index (χ0v) is 22.1. The van der Waals surface area contributed by atoms with Crippen molar-refractivity contribution in [3.05, 3.63) is 94.1 Å². The van der Waals surface area contributed by atoms with E-state index in [1.165, 1.54) is 6.07 Å². The number of carboxylic acid groups (broad SMARTS) is 1. The Morgan fingerprint density at radius 3 is 2.64 bits per heavy atom. The van der Waals surface area contributed by atoms with Crippen molar-refractivity contribution in [1.82, 2.24) is 9.97 Å². The molecule has 1 aromatic heterocycles. The van der Waals surface area contributed by atoms with Crippen LogP contribution >= 0.6 is 0 Å². The number of halogens is 1. The molecule has 0 saturated carbocycles. The predicted octanol–water partition coefficient (Wildman–Crippen LogP) is 6.89. The van der Waals surface area contributed by atoms with Crippen molar-refractivity contribution in [3.63, 3.8) is 0 Å². The standard InChI is InChI=1S/C32H29FN2O4/c1-17-12-20(32-34-11-10-19(3)35-32)13-18(2)30(17)24-6-8-26(33)31-25(24)7-9-27(31)39-22-4-5-23-21(14-29(36)37)16-38-28(23)15-22/h4-6,8,10-13,15,21,27H,7,9,14,16H2,1-3H3,(H,36,37). The van der Waals surface area contributed by atoms with Crippen LogP contribution in [0.3, 0.4) is 0 Å². The van der Waals surface area contributed by atoms with Crippen LogP contribution in [-0.2, 0) is 11.2 Å². The predicted molar refractivity (Wildman–Crippen MR) is 146 cm³/mol. The number of hydrogen-bond donors (Lipinski definition) is 1. The lowest BCUT2D eigenvalue weighted by Gasteiger charge is -2.19. The molecule has 2 unspecified atom stereocenters. The normalized spacial score (nSPS) is 17.4. The van der Waals surface area contributed by atoms with E-state index in [1.807, 2.05) is 31.2 Å². The second-order valence-corrected chi connectivity index (χ2v) is 10.4. The summed E-state index contributed by atoms with van der Waals surface area (Å²) < 4.78 is 27.3. The molecule has 2 aliphatic rings. The van der Waals surface area contributed by atoms with E-state index in [9.17, 15) is 4.79 Å². The summed E-state index contributed by atoms with van der Waals surface area (Å²) in [5.74, 6) is 0.620. The van der Waals surface area contributed by atoms with E-state index in [4.69, 9.17) is 14.6 Å². The Morgan fingerprint density at radius 1 is 1.10 bits per heavy atom. The zero-order valence-electron chi connectivity index (χ0n) is 22.1. The van der Waals surface area contributed by atoms with Gasteiger partial charge in [-0.25, -0.2) is 14.4 Å². The van der Waals surface area contributed by atoms with Crippen LogP contribution in [0.5, 0.6) is 11.5 Å². The fourth-order valence-corrected chi connectivity index (χ4v) is 6.01. The second-order valence-electron chi connectivity index (χ2n) is 10.4. The van der Waals surface area contributed by atoms with Gasteiger partial charge < -0.3 is 14.6 Å². The van der Waals surface area contributed by atoms with Crippen molar-refractivity contribution in [2.45, 2.75) is 52.1 Å². The van der Waals surface area contributed by atoms with Crippen molar-refractivity contribution in [2.24, 2.45) is 0 Å². The lowest BCUT2D eigenvalue weighted by molar-refractivity contribution is -0.137. The molecule has 3 aromatic carbocycles. The molecule has 7 heteroatoms. The third kappa shape index (κ3) is 4.62. The summed E-state index contributed by atoms with van der Waals surface area (Å²) in [4.78, 5) is 20.2. The Bertz CT molecular complexity index is 1590. The lowest BCUT2D eigenvalue weighted by Crippen LogP contribution is -2.07. The molecule has 4 aromatic rings. The van der Waals surface area contributed by atoms with E-state index in [0.717, 1.165) is 44.6 Å². The van der Waals surface area contributed by atoms with Crippen molar-refractivity contribution in [1.29, 1.82) is 0 Å². The van der Waals surface area contributed by atoms with Crippen molar-refractivity contribution in [2.75, 3.05) is 6.61 Å². The molecule has 1 aliphatic heterocycles. The van der Waals surface area contributed by atoms with Crippen LogP contribution in [0.2, 0.25) is 0 Å². The number of aliphatic carboxylic acids is 1. The summed E-state index contributed by atoms with van der Waals surface area (Å²) in [5.41, 5.74) is 8.61. The van der Waals surface area contributed by atoms with Gasteiger partial charge >= 0.3 is 5.97 Å². The number of rotatable bonds is 6. The topological polar surface area (TPSA) is 81.5 Å². The second kappa shape index (κ2) is 9.80. The molecule has 0 bridgehead atoms. The minimum atomic E-state index is -0.853. The third-order valence-corrected chi connectivity index (χ3v) is 7.70. The SMILES string of the molecule is Cc1ccnc(-c2cc(C)c(-c3ccc(F)c4c3CCC4Oc3ccc4c(c3)OCC4CC(=O)O)c(C)c2)n1. The maximum atomic E-state index is 15.3. The first kappa shape index (κ1) is 25.0. The van der Waals surface area contributed by atoms with Gasteiger partial charge in [0, 0.05) is 40.6 Å². The number of aryl methyl sites for hydroxylation is 3. The number of carbonyl (C=O) groups is 1. The Morgan fingerprint density at radius 2 is 1.90 bits per heavy atom. The summed E-state index contributed by atoms with van der Waals surface area (Å²) in [6.45, 7) is 6.43. The number of hydrogen-bond acceptors (Lipinski definition) is 5. The Kier molecular flexibility index (Phi) is 6.29. The van der Waals surface area contributed by atoms with Gasteiger partial charge in [0.25, 0.3) is 0 Å². The fraction of sp³-hybridized carbons (Fsp3) is 0.281. The van der Waals surface area contributed by atoms with E-state index in [1.54, 1.807) is 12.3 Å². The molecule has 2 atom stereocenters. The highest BCUT2D eigenvalue weighted by Crippen LogP contribution is 2.45. The summed E-state index contributed by atoms with van der Waals surface area (Å²) in [6.07, 6.45) is 2.74. The van der Waals surface area contributed by atoms with Gasteiger partial charge in [0.2, 0.25) is 0 Å². The average Bonchev–Trinajstić information content (AvgIpc) is 3.49. The van der Waals surface area contributed by atoms with Gasteiger partial charge in [-0.1, -0.05) is 12.1 Å². The lowest BCUT2D eigenvalue weighted by atomic mass is 9.89. The van der Waals surface area contributed by atoms with E-state index in [-0.39, 0.29) is 18.2 Å². The van der Waals surface area contributed by atoms with Crippen LogP contribution in [-0.4, -0.2) is 27.7 Å². The molecule has 1 aliphatic carbocycles. The van der Waals surface area contributed by atoms with Crippen LogP contribution < -0.4 is 9.47 Å².